The Morgan fingerprint density at radius 2 is 2.24 bits per heavy atom. The summed E-state index contributed by atoms with van der Waals surface area (Å²) in [6.45, 7) is 13.3. The van der Waals surface area contributed by atoms with Gasteiger partial charge >= 0.3 is 0 Å². The summed E-state index contributed by atoms with van der Waals surface area (Å²) in [5, 5.41) is 13.6. The van der Waals surface area contributed by atoms with Crippen molar-refractivity contribution in [3.8, 4) is 0 Å². The third-order valence-corrected chi connectivity index (χ3v) is 6.42. The predicted molar refractivity (Wildman–Crippen MR) is 120 cm³/mol. The summed E-state index contributed by atoms with van der Waals surface area (Å²) in [6, 6.07) is 4.67. The standard InChI is InChI=1S/C21H34N6OS/c1-6-22-21(23-12-18-16(3)25-26(5)17(18)4)24-13-19(20-8-7-11-29-20)27-9-10-28-15(2)14-27/h7-8,11,15,19H,6,9-10,12-14H2,1-5H3,(H2,22,23,24). The van der Waals surface area contributed by atoms with E-state index in [-0.39, 0.29) is 6.10 Å². The first-order chi connectivity index (χ1) is 14.0. The van der Waals surface area contributed by atoms with Crippen LogP contribution in [0.25, 0.3) is 0 Å². The first kappa shape index (κ1) is 21.8. The van der Waals surface area contributed by atoms with Crippen LogP contribution in [0.4, 0.5) is 0 Å². The Morgan fingerprint density at radius 3 is 2.86 bits per heavy atom. The lowest BCUT2D eigenvalue weighted by atomic mass is 10.1. The lowest BCUT2D eigenvalue weighted by Gasteiger charge is -2.37. The largest absolute Gasteiger partial charge is 0.376 e. The zero-order valence-electron chi connectivity index (χ0n) is 18.2. The van der Waals surface area contributed by atoms with Crippen molar-refractivity contribution >= 4 is 17.3 Å². The number of thiophene rings is 1. The zero-order chi connectivity index (χ0) is 20.8. The van der Waals surface area contributed by atoms with Crippen LogP contribution in [0.1, 0.15) is 41.7 Å². The molecule has 0 aromatic carbocycles. The summed E-state index contributed by atoms with van der Waals surface area (Å²) in [5.74, 6) is 0.845. The molecule has 0 radical (unpaired) electrons. The smallest absolute Gasteiger partial charge is 0.191 e. The maximum absolute atomic E-state index is 5.75. The molecule has 160 valence electrons. The number of morpholine rings is 1. The fourth-order valence-corrected chi connectivity index (χ4v) is 4.62. The van der Waals surface area contributed by atoms with Gasteiger partial charge in [0.25, 0.3) is 0 Å². The molecule has 2 N–H and O–H groups in total. The highest BCUT2D eigenvalue weighted by Gasteiger charge is 2.26. The quantitative estimate of drug-likeness (QED) is 0.534. The van der Waals surface area contributed by atoms with E-state index in [4.69, 9.17) is 9.73 Å². The summed E-state index contributed by atoms with van der Waals surface area (Å²) in [6.07, 6.45) is 0.268. The minimum atomic E-state index is 0.268. The van der Waals surface area contributed by atoms with Crippen molar-refractivity contribution in [2.24, 2.45) is 12.0 Å². The molecular weight excluding hydrogens is 384 g/mol. The van der Waals surface area contributed by atoms with Gasteiger partial charge in [-0.15, -0.1) is 11.3 Å². The number of hydrogen-bond acceptors (Lipinski definition) is 5. The van der Waals surface area contributed by atoms with Crippen molar-refractivity contribution in [2.45, 2.75) is 46.4 Å². The van der Waals surface area contributed by atoms with Crippen LogP contribution in [0.3, 0.4) is 0 Å². The predicted octanol–water partition coefficient (Wildman–Crippen LogP) is 2.62. The second-order valence-corrected chi connectivity index (χ2v) is 8.54. The molecule has 1 aliphatic heterocycles. The molecule has 0 aliphatic carbocycles. The van der Waals surface area contributed by atoms with E-state index in [1.165, 1.54) is 16.1 Å². The average molecular weight is 419 g/mol. The number of hydrogen-bond donors (Lipinski definition) is 2. The Balaban J connectivity index is 1.70. The van der Waals surface area contributed by atoms with E-state index in [2.05, 4.69) is 58.9 Å². The Labute approximate surface area is 178 Å². The zero-order valence-corrected chi connectivity index (χ0v) is 19.1. The molecule has 1 saturated heterocycles. The molecule has 3 heterocycles. The van der Waals surface area contributed by atoms with Gasteiger partial charge in [0.15, 0.2) is 5.96 Å². The van der Waals surface area contributed by atoms with Crippen LogP contribution in [-0.4, -0.2) is 59.5 Å². The maximum Gasteiger partial charge on any atom is 0.191 e. The normalized spacial score (nSPS) is 19.3. The van der Waals surface area contributed by atoms with Gasteiger partial charge in [-0.25, -0.2) is 4.99 Å². The number of nitrogens with zero attached hydrogens (tertiary/aromatic N) is 4. The van der Waals surface area contributed by atoms with Gasteiger partial charge in [0.1, 0.15) is 0 Å². The number of ether oxygens (including phenoxy) is 1. The van der Waals surface area contributed by atoms with Crippen molar-refractivity contribution in [2.75, 3.05) is 32.8 Å². The number of nitrogens with one attached hydrogen (secondary N) is 2. The lowest BCUT2D eigenvalue weighted by Crippen LogP contribution is -2.48. The summed E-state index contributed by atoms with van der Waals surface area (Å²) < 4.78 is 7.67. The van der Waals surface area contributed by atoms with E-state index in [0.717, 1.165) is 44.4 Å². The summed E-state index contributed by atoms with van der Waals surface area (Å²) in [5.41, 5.74) is 3.41. The molecular formula is C21H34N6OS. The molecule has 2 aromatic rings. The molecule has 0 saturated carbocycles. The van der Waals surface area contributed by atoms with E-state index in [0.29, 0.717) is 12.6 Å². The van der Waals surface area contributed by atoms with E-state index >= 15 is 0 Å². The molecule has 1 aliphatic rings. The average Bonchev–Trinajstić information content (AvgIpc) is 3.29. The molecule has 0 spiro atoms. The molecule has 29 heavy (non-hydrogen) atoms. The van der Waals surface area contributed by atoms with Crippen LogP contribution in [-0.2, 0) is 18.3 Å². The number of aryl methyl sites for hydroxylation is 2. The molecule has 2 unspecified atom stereocenters. The summed E-state index contributed by atoms with van der Waals surface area (Å²) in [7, 11) is 1.98. The lowest BCUT2D eigenvalue weighted by molar-refractivity contribution is -0.0334. The monoisotopic (exact) mass is 418 g/mol. The van der Waals surface area contributed by atoms with Gasteiger partial charge in [0.05, 0.1) is 31.0 Å². The Kier molecular flexibility index (Phi) is 7.69. The molecule has 2 aromatic heterocycles. The van der Waals surface area contributed by atoms with Gasteiger partial charge in [-0.2, -0.15) is 5.10 Å². The second kappa shape index (κ2) is 10.2. The first-order valence-corrected chi connectivity index (χ1v) is 11.3. The van der Waals surface area contributed by atoms with Gasteiger partial charge < -0.3 is 15.4 Å². The van der Waals surface area contributed by atoms with Gasteiger partial charge in [0, 0.05) is 49.4 Å². The minimum Gasteiger partial charge on any atom is -0.376 e. The van der Waals surface area contributed by atoms with Crippen molar-refractivity contribution < 1.29 is 4.74 Å². The Morgan fingerprint density at radius 1 is 1.41 bits per heavy atom. The Hall–Kier alpha value is -1.90. The van der Waals surface area contributed by atoms with Crippen molar-refractivity contribution in [3.63, 3.8) is 0 Å². The highest BCUT2D eigenvalue weighted by molar-refractivity contribution is 7.10. The van der Waals surface area contributed by atoms with Crippen LogP contribution in [0.15, 0.2) is 22.5 Å². The third kappa shape index (κ3) is 5.58. The molecule has 0 amide bonds. The van der Waals surface area contributed by atoms with Gasteiger partial charge in [-0.3, -0.25) is 9.58 Å². The maximum atomic E-state index is 5.75. The SMILES string of the molecule is CCNC(=NCc1c(C)nn(C)c1C)NCC(c1cccs1)N1CCOC(C)C1. The van der Waals surface area contributed by atoms with Gasteiger partial charge in [0.2, 0.25) is 0 Å². The molecule has 7 nitrogen and oxygen atoms in total. The Bertz CT molecular complexity index is 800. The van der Waals surface area contributed by atoms with Gasteiger partial charge in [-0.1, -0.05) is 6.07 Å². The summed E-state index contributed by atoms with van der Waals surface area (Å²) in [4.78, 5) is 8.73. The van der Waals surface area contributed by atoms with Crippen molar-refractivity contribution in [1.82, 2.24) is 25.3 Å². The molecule has 3 rings (SSSR count). The van der Waals surface area contributed by atoms with Crippen LogP contribution in [0.5, 0.6) is 0 Å². The van der Waals surface area contributed by atoms with Crippen molar-refractivity contribution in [1.29, 1.82) is 0 Å². The van der Waals surface area contributed by atoms with E-state index in [1.807, 2.05) is 30.0 Å². The first-order valence-electron chi connectivity index (χ1n) is 10.4. The summed E-state index contributed by atoms with van der Waals surface area (Å²) >= 11 is 1.81. The second-order valence-electron chi connectivity index (χ2n) is 7.56. The highest BCUT2D eigenvalue weighted by atomic mass is 32.1. The number of guanidine groups is 1. The highest BCUT2D eigenvalue weighted by Crippen LogP contribution is 2.26. The fraction of sp³-hybridized carbons (Fsp3) is 0.619. The third-order valence-electron chi connectivity index (χ3n) is 5.45. The van der Waals surface area contributed by atoms with Crippen LogP contribution in [0, 0.1) is 13.8 Å². The van der Waals surface area contributed by atoms with E-state index in [9.17, 15) is 0 Å². The molecule has 1 fully saturated rings. The number of rotatable bonds is 7. The fourth-order valence-electron chi connectivity index (χ4n) is 3.76. The number of aliphatic imine (C=N–C) groups is 1. The van der Waals surface area contributed by atoms with E-state index < -0.39 is 0 Å². The number of aromatic nitrogens is 2. The molecule has 2 atom stereocenters. The van der Waals surface area contributed by atoms with Crippen LogP contribution in [0.2, 0.25) is 0 Å². The molecule has 8 heteroatoms. The van der Waals surface area contributed by atoms with Gasteiger partial charge in [-0.05, 0) is 39.1 Å². The molecule has 0 bridgehead atoms. The van der Waals surface area contributed by atoms with Crippen LogP contribution >= 0.6 is 11.3 Å². The van der Waals surface area contributed by atoms with E-state index in [1.54, 1.807) is 0 Å². The van der Waals surface area contributed by atoms with Crippen LogP contribution < -0.4 is 10.6 Å². The minimum absolute atomic E-state index is 0.268. The van der Waals surface area contributed by atoms with Crippen molar-refractivity contribution in [3.05, 3.63) is 39.3 Å². The topological polar surface area (TPSA) is 66.7 Å².